The highest BCUT2D eigenvalue weighted by Gasteiger charge is 2.51. The summed E-state index contributed by atoms with van der Waals surface area (Å²) in [6.45, 7) is -1.36. The van der Waals surface area contributed by atoms with Gasteiger partial charge in [0.25, 0.3) is 0 Å². The zero-order chi connectivity index (χ0) is 16.2. The standard InChI is InChI=1S/C12H11F4NO4/c13-10(14)12(15,16)11(21)17(5-6-18)8-3-1-7(2-4-8)9(19)20/h1-4,10,18H,5-6H2,(H,19,20). The molecule has 21 heavy (non-hydrogen) atoms. The molecule has 116 valence electrons. The lowest BCUT2D eigenvalue weighted by atomic mass is 10.1. The van der Waals surface area contributed by atoms with Gasteiger partial charge in [-0.05, 0) is 24.3 Å². The van der Waals surface area contributed by atoms with Gasteiger partial charge in [-0.3, -0.25) is 4.79 Å². The first-order valence-electron chi connectivity index (χ1n) is 5.64. The molecule has 0 aliphatic carbocycles. The van der Waals surface area contributed by atoms with Gasteiger partial charge in [-0.1, -0.05) is 0 Å². The van der Waals surface area contributed by atoms with Crippen LogP contribution in [0.15, 0.2) is 24.3 Å². The first-order valence-corrected chi connectivity index (χ1v) is 5.64. The molecule has 5 nitrogen and oxygen atoms in total. The van der Waals surface area contributed by atoms with Crippen molar-refractivity contribution in [1.29, 1.82) is 0 Å². The number of halogens is 4. The summed E-state index contributed by atoms with van der Waals surface area (Å²) in [4.78, 5) is 22.4. The first-order chi connectivity index (χ1) is 9.71. The summed E-state index contributed by atoms with van der Waals surface area (Å²) >= 11 is 0. The van der Waals surface area contributed by atoms with Crippen molar-refractivity contribution in [3.63, 3.8) is 0 Å². The topological polar surface area (TPSA) is 77.8 Å². The number of anilines is 1. The van der Waals surface area contributed by atoms with Gasteiger partial charge in [0.15, 0.2) is 0 Å². The van der Waals surface area contributed by atoms with Crippen LogP contribution in [0.1, 0.15) is 10.4 Å². The number of rotatable bonds is 6. The number of nitrogens with zero attached hydrogens (tertiary/aromatic N) is 1. The third-order valence-electron chi connectivity index (χ3n) is 2.55. The smallest absolute Gasteiger partial charge is 0.384 e. The van der Waals surface area contributed by atoms with E-state index in [-0.39, 0.29) is 16.2 Å². The number of alkyl halides is 4. The maximum atomic E-state index is 13.1. The van der Waals surface area contributed by atoms with Crippen LogP contribution in [0.2, 0.25) is 0 Å². The number of carbonyl (C=O) groups is 2. The van der Waals surface area contributed by atoms with Gasteiger partial charge in [-0.25, -0.2) is 13.6 Å². The number of hydrogen-bond acceptors (Lipinski definition) is 3. The largest absolute Gasteiger partial charge is 0.478 e. The van der Waals surface area contributed by atoms with Crippen LogP contribution in [-0.4, -0.2) is 47.6 Å². The molecule has 0 aromatic heterocycles. The molecule has 0 saturated heterocycles. The van der Waals surface area contributed by atoms with Crippen molar-refractivity contribution >= 4 is 17.6 Å². The lowest BCUT2D eigenvalue weighted by Gasteiger charge is -2.26. The van der Waals surface area contributed by atoms with Crippen LogP contribution in [0.25, 0.3) is 0 Å². The third-order valence-corrected chi connectivity index (χ3v) is 2.55. The number of aromatic carboxylic acids is 1. The van der Waals surface area contributed by atoms with Crippen LogP contribution >= 0.6 is 0 Å². The van der Waals surface area contributed by atoms with Gasteiger partial charge in [-0.2, -0.15) is 8.78 Å². The van der Waals surface area contributed by atoms with E-state index in [1.54, 1.807) is 0 Å². The number of carboxylic acids is 1. The molecule has 0 aliphatic rings. The Labute approximate surface area is 116 Å². The molecule has 0 unspecified atom stereocenters. The Morgan fingerprint density at radius 1 is 1.19 bits per heavy atom. The zero-order valence-electron chi connectivity index (χ0n) is 10.5. The Morgan fingerprint density at radius 2 is 1.71 bits per heavy atom. The van der Waals surface area contributed by atoms with Gasteiger partial charge in [-0.15, -0.1) is 0 Å². The Bertz CT molecular complexity index is 518. The van der Waals surface area contributed by atoms with Crippen LogP contribution in [0, 0.1) is 0 Å². The average Bonchev–Trinajstić information content (AvgIpc) is 2.44. The molecule has 0 spiro atoms. The van der Waals surface area contributed by atoms with E-state index in [1.165, 1.54) is 0 Å². The summed E-state index contributed by atoms with van der Waals surface area (Å²) < 4.78 is 50.6. The lowest BCUT2D eigenvalue weighted by Crippen LogP contribution is -2.49. The highest BCUT2D eigenvalue weighted by Crippen LogP contribution is 2.28. The number of benzene rings is 1. The van der Waals surface area contributed by atoms with Gasteiger partial charge in [0.2, 0.25) is 0 Å². The quantitative estimate of drug-likeness (QED) is 0.783. The maximum Gasteiger partial charge on any atom is 0.384 e. The van der Waals surface area contributed by atoms with E-state index in [4.69, 9.17) is 10.2 Å². The van der Waals surface area contributed by atoms with Crippen molar-refractivity contribution in [2.75, 3.05) is 18.1 Å². The van der Waals surface area contributed by atoms with Crippen molar-refractivity contribution in [2.45, 2.75) is 12.3 Å². The lowest BCUT2D eigenvalue weighted by molar-refractivity contribution is -0.166. The molecular formula is C12H11F4NO4. The SMILES string of the molecule is O=C(O)c1ccc(N(CCO)C(=O)C(F)(F)C(F)F)cc1. The molecule has 0 heterocycles. The van der Waals surface area contributed by atoms with Crippen molar-refractivity contribution in [1.82, 2.24) is 0 Å². The molecule has 0 aliphatic heterocycles. The second-order valence-corrected chi connectivity index (χ2v) is 3.96. The Morgan fingerprint density at radius 3 is 2.10 bits per heavy atom. The van der Waals surface area contributed by atoms with Gasteiger partial charge < -0.3 is 15.1 Å². The van der Waals surface area contributed by atoms with Crippen LogP contribution < -0.4 is 4.90 Å². The minimum atomic E-state index is -4.90. The molecule has 1 aromatic rings. The van der Waals surface area contributed by atoms with Gasteiger partial charge in [0.05, 0.1) is 12.2 Å². The number of carboxylic acid groups (broad SMARTS) is 1. The van der Waals surface area contributed by atoms with Crippen molar-refractivity contribution < 1.29 is 37.4 Å². The molecule has 0 saturated carbocycles. The van der Waals surface area contributed by atoms with Crippen LogP contribution in [-0.2, 0) is 4.79 Å². The fourth-order valence-corrected chi connectivity index (χ4v) is 1.51. The number of carbonyl (C=O) groups excluding carboxylic acids is 1. The third kappa shape index (κ3) is 3.69. The molecule has 1 aromatic carbocycles. The van der Waals surface area contributed by atoms with E-state index in [0.29, 0.717) is 0 Å². The van der Waals surface area contributed by atoms with Crippen LogP contribution in [0.5, 0.6) is 0 Å². The highest BCUT2D eigenvalue weighted by atomic mass is 19.3. The minimum absolute atomic E-state index is 0.171. The fourth-order valence-electron chi connectivity index (χ4n) is 1.51. The minimum Gasteiger partial charge on any atom is -0.478 e. The number of aliphatic hydroxyl groups is 1. The number of hydrogen-bond donors (Lipinski definition) is 2. The predicted molar refractivity (Wildman–Crippen MR) is 63.8 cm³/mol. The molecule has 1 amide bonds. The highest BCUT2D eigenvalue weighted by molar-refractivity contribution is 5.99. The fraction of sp³-hybridized carbons (Fsp3) is 0.333. The molecule has 9 heteroatoms. The summed E-state index contributed by atoms with van der Waals surface area (Å²) in [5, 5.41) is 17.5. The Balaban J connectivity index is 3.12. The van der Waals surface area contributed by atoms with E-state index >= 15 is 0 Å². The van der Waals surface area contributed by atoms with Gasteiger partial charge in [0.1, 0.15) is 0 Å². The molecule has 0 atom stereocenters. The zero-order valence-corrected chi connectivity index (χ0v) is 10.5. The van der Waals surface area contributed by atoms with Gasteiger partial charge >= 0.3 is 24.2 Å². The summed E-state index contributed by atoms with van der Waals surface area (Å²) in [5.74, 6) is -8.35. The number of aliphatic hydroxyl groups excluding tert-OH is 1. The molecular weight excluding hydrogens is 298 g/mol. The number of amides is 1. The normalized spacial score (nSPS) is 11.5. The Hall–Kier alpha value is -2.16. The van der Waals surface area contributed by atoms with Crippen LogP contribution in [0.3, 0.4) is 0 Å². The monoisotopic (exact) mass is 309 g/mol. The Kier molecular flexibility index (Phi) is 5.25. The molecule has 0 radical (unpaired) electrons. The second kappa shape index (κ2) is 6.53. The van der Waals surface area contributed by atoms with E-state index < -0.39 is 37.4 Å². The maximum absolute atomic E-state index is 13.1. The van der Waals surface area contributed by atoms with E-state index in [9.17, 15) is 27.2 Å². The van der Waals surface area contributed by atoms with Crippen molar-refractivity contribution in [3.8, 4) is 0 Å². The van der Waals surface area contributed by atoms with Crippen molar-refractivity contribution in [2.24, 2.45) is 0 Å². The summed E-state index contributed by atoms with van der Waals surface area (Å²) in [6.07, 6.45) is -4.19. The molecule has 1 rings (SSSR count). The predicted octanol–water partition coefficient (Wildman–Crippen LogP) is 1.61. The molecule has 0 fully saturated rings. The second-order valence-electron chi connectivity index (χ2n) is 3.96. The summed E-state index contributed by atoms with van der Waals surface area (Å²) in [5.41, 5.74) is -0.393. The van der Waals surface area contributed by atoms with E-state index in [1.807, 2.05) is 0 Å². The molecule has 0 bridgehead atoms. The molecule has 2 N–H and O–H groups in total. The van der Waals surface area contributed by atoms with Gasteiger partial charge in [0, 0.05) is 12.2 Å². The summed E-state index contributed by atoms with van der Waals surface area (Å²) in [7, 11) is 0. The van der Waals surface area contributed by atoms with Crippen molar-refractivity contribution in [3.05, 3.63) is 29.8 Å². The first kappa shape index (κ1) is 16.9. The van der Waals surface area contributed by atoms with E-state index in [2.05, 4.69) is 0 Å². The average molecular weight is 309 g/mol. The summed E-state index contributed by atoms with van der Waals surface area (Å²) in [6, 6.07) is 4.07. The van der Waals surface area contributed by atoms with Crippen LogP contribution in [0.4, 0.5) is 23.2 Å². The van der Waals surface area contributed by atoms with E-state index in [0.717, 1.165) is 24.3 Å².